The minimum atomic E-state index is -4.01. The smallest absolute Gasteiger partial charge is 0.340 e. The van der Waals surface area contributed by atoms with E-state index in [0.717, 1.165) is 6.07 Å². The van der Waals surface area contributed by atoms with Gasteiger partial charge in [0.2, 0.25) is 10.0 Å². The second-order valence-corrected chi connectivity index (χ2v) is 7.67. The first-order chi connectivity index (χ1) is 12.7. The van der Waals surface area contributed by atoms with E-state index in [2.05, 4.69) is 9.97 Å². The molecule has 0 unspecified atom stereocenters. The number of aromatic amines is 1. The Bertz CT molecular complexity index is 1210. The highest BCUT2D eigenvalue weighted by Crippen LogP contribution is 2.23. The van der Waals surface area contributed by atoms with Crippen molar-refractivity contribution in [2.45, 2.75) is 17.9 Å². The van der Waals surface area contributed by atoms with Gasteiger partial charge in [0.1, 0.15) is 0 Å². The number of ether oxygens (including phenoxy) is 1. The van der Waals surface area contributed by atoms with Crippen molar-refractivity contribution in [2.75, 3.05) is 0 Å². The van der Waals surface area contributed by atoms with Crippen LogP contribution in [0.1, 0.15) is 29.2 Å². The molecule has 0 radical (unpaired) electrons. The number of hydrogen-bond donors (Lipinski definition) is 2. The van der Waals surface area contributed by atoms with Gasteiger partial charge in [0, 0.05) is 0 Å². The number of esters is 1. The number of H-pyrrole nitrogens is 1. The molecule has 140 valence electrons. The zero-order chi connectivity index (χ0) is 19.8. The fraction of sp³-hybridized carbons (Fsp3) is 0.118. The highest BCUT2D eigenvalue weighted by Gasteiger charge is 2.21. The summed E-state index contributed by atoms with van der Waals surface area (Å²) in [4.78, 5) is 31.1. The van der Waals surface area contributed by atoms with Crippen LogP contribution in [0.15, 0.2) is 52.2 Å². The van der Waals surface area contributed by atoms with Crippen molar-refractivity contribution in [3.8, 4) is 0 Å². The molecule has 0 spiro atoms. The molecule has 3 N–H and O–H groups in total. The third-order valence-electron chi connectivity index (χ3n) is 3.79. The van der Waals surface area contributed by atoms with Gasteiger partial charge in [-0.05, 0) is 37.3 Å². The molecule has 3 aromatic rings. The van der Waals surface area contributed by atoms with Crippen LogP contribution in [0, 0.1) is 0 Å². The third kappa shape index (κ3) is 4.00. The van der Waals surface area contributed by atoms with E-state index < -0.39 is 22.1 Å². The molecule has 1 heterocycles. The van der Waals surface area contributed by atoms with Gasteiger partial charge in [-0.3, -0.25) is 4.79 Å². The lowest BCUT2D eigenvalue weighted by molar-refractivity contribution is 0.0320. The standard InChI is InChI=1S/C17H14ClN3O5S/c1-9(15-20-14-5-3-2-4-11(14)16(22)21-15)26-17(23)12-8-10(27(19,24)25)6-7-13(12)18/h2-9H,1H3,(H2,19,24,25)(H,20,21,22)/t9-/m0/s1. The van der Waals surface area contributed by atoms with E-state index in [4.69, 9.17) is 21.5 Å². The lowest BCUT2D eigenvalue weighted by Crippen LogP contribution is -2.18. The zero-order valence-corrected chi connectivity index (χ0v) is 15.5. The molecular formula is C17H14ClN3O5S. The van der Waals surface area contributed by atoms with Crippen LogP contribution in [0.3, 0.4) is 0 Å². The number of carbonyl (C=O) groups is 1. The van der Waals surface area contributed by atoms with Gasteiger partial charge >= 0.3 is 5.97 Å². The molecule has 8 nitrogen and oxygen atoms in total. The van der Waals surface area contributed by atoms with Gasteiger partial charge in [-0.25, -0.2) is 23.3 Å². The summed E-state index contributed by atoms with van der Waals surface area (Å²) >= 11 is 5.96. The van der Waals surface area contributed by atoms with Crippen LogP contribution in [-0.4, -0.2) is 24.4 Å². The first kappa shape index (κ1) is 19.0. The van der Waals surface area contributed by atoms with Crippen molar-refractivity contribution in [1.29, 1.82) is 0 Å². The molecule has 0 amide bonds. The third-order valence-corrected chi connectivity index (χ3v) is 5.03. The van der Waals surface area contributed by atoms with Crippen molar-refractivity contribution in [1.82, 2.24) is 9.97 Å². The van der Waals surface area contributed by atoms with Crippen LogP contribution in [0.5, 0.6) is 0 Å². The topological polar surface area (TPSA) is 132 Å². The number of carbonyl (C=O) groups excluding carboxylic acids is 1. The maximum Gasteiger partial charge on any atom is 0.340 e. The van der Waals surface area contributed by atoms with Crippen LogP contribution in [0.2, 0.25) is 5.02 Å². The second-order valence-electron chi connectivity index (χ2n) is 5.70. The number of nitrogens with two attached hydrogens (primary N) is 1. The second kappa shape index (κ2) is 7.10. The van der Waals surface area contributed by atoms with Gasteiger partial charge < -0.3 is 9.72 Å². The van der Waals surface area contributed by atoms with E-state index in [1.54, 1.807) is 24.3 Å². The Morgan fingerprint density at radius 3 is 2.67 bits per heavy atom. The van der Waals surface area contributed by atoms with Crippen LogP contribution in [-0.2, 0) is 14.8 Å². The first-order valence-corrected chi connectivity index (χ1v) is 9.61. The van der Waals surface area contributed by atoms with E-state index in [9.17, 15) is 18.0 Å². The van der Waals surface area contributed by atoms with Crippen LogP contribution in [0.25, 0.3) is 10.9 Å². The molecule has 0 bridgehead atoms. The van der Waals surface area contributed by atoms with E-state index in [-0.39, 0.29) is 26.9 Å². The van der Waals surface area contributed by atoms with Crippen LogP contribution in [0.4, 0.5) is 0 Å². The van der Waals surface area contributed by atoms with Gasteiger partial charge in [0.25, 0.3) is 5.56 Å². The molecule has 0 saturated heterocycles. The van der Waals surface area contributed by atoms with Crippen molar-refractivity contribution in [3.05, 3.63) is 69.2 Å². The Labute approximate surface area is 159 Å². The van der Waals surface area contributed by atoms with Gasteiger partial charge in [0.15, 0.2) is 11.9 Å². The molecule has 0 aliphatic heterocycles. The Balaban J connectivity index is 1.92. The fourth-order valence-corrected chi connectivity index (χ4v) is 3.15. The van der Waals surface area contributed by atoms with Crippen molar-refractivity contribution < 1.29 is 17.9 Å². The van der Waals surface area contributed by atoms with E-state index in [0.29, 0.717) is 10.9 Å². The summed E-state index contributed by atoms with van der Waals surface area (Å²) in [6.45, 7) is 1.52. The van der Waals surface area contributed by atoms with Gasteiger partial charge in [-0.15, -0.1) is 0 Å². The number of hydrogen-bond acceptors (Lipinski definition) is 6. The molecule has 0 aliphatic rings. The maximum atomic E-state index is 12.4. The minimum absolute atomic E-state index is 0.000404. The lowest BCUT2D eigenvalue weighted by atomic mass is 10.2. The zero-order valence-electron chi connectivity index (χ0n) is 14.0. The van der Waals surface area contributed by atoms with E-state index in [1.165, 1.54) is 19.1 Å². The molecule has 0 saturated carbocycles. The summed E-state index contributed by atoms with van der Waals surface area (Å²) in [5, 5.41) is 5.47. The molecule has 0 fully saturated rings. The molecule has 3 rings (SSSR count). The van der Waals surface area contributed by atoms with Crippen molar-refractivity contribution >= 4 is 38.5 Å². The Morgan fingerprint density at radius 2 is 1.96 bits per heavy atom. The largest absolute Gasteiger partial charge is 0.451 e. The number of sulfonamides is 1. The number of halogens is 1. The number of benzene rings is 2. The average Bonchev–Trinajstić information content (AvgIpc) is 2.61. The highest BCUT2D eigenvalue weighted by molar-refractivity contribution is 7.89. The summed E-state index contributed by atoms with van der Waals surface area (Å²) in [6.07, 6.45) is -0.913. The predicted octanol–water partition coefficient (Wildman–Crippen LogP) is 2.14. The quantitative estimate of drug-likeness (QED) is 0.636. The summed E-state index contributed by atoms with van der Waals surface area (Å²) < 4.78 is 28.2. The average molecular weight is 408 g/mol. The van der Waals surface area contributed by atoms with Crippen LogP contribution >= 0.6 is 11.6 Å². The molecule has 1 aromatic heterocycles. The van der Waals surface area contributed by atoms with Crippen LogP contribution < -0.4 is 10.7 Å². The molecular weight excluding hydrogens is 394 g/mol. The monoisotopic (exact) mass is 407 g/mol. The SMILES string of the molecule is C[C@H](OC(=O)c1cc(S(N)(=O)=O)ccc1Cl)c1nc2ccccc2c(=O)[nH]1. The summed E-state index contributed by atoms with van der Waals surface area (Å²) in [5.74, 6) is -0.736. The fourth-order valence-electron chi connectivity index (χ4n) is 2.41. The van der Waals surface area contributed by atoms with Gasteiger partial charge in [-0.1, -0.05) is 23.7 Å². The predicted molar refractivity (Wildman–Crippen MR) is 99.0 cm³/mol. The number of aromatic nitrogens is 2. The lowest BCUT2D eigenvalue weighted by Gasteiger charge is -2.14. The summed E-state index contributed by atoms with van der Waals surface area (Å²) in [5.41, 5.74) is -0.0839. The van der Waals surface area contributed by atoms with Crippen molar-refractivity contribution in [2.24, 2.45) is 5.14 Å². The number of nitrogens with one attached hydrogen (secondary N) is 1. The number of rotatable bonds is 4. The van der Waals surface area contributed by atoms with Gasteiger partial charge in [0.05, 0.1) is 26.4 Å². The van der Waals surface area contributed by atoms with Crippen molar-refractivity contribution in [3.63, 3.8) is 0 Å². The normalized spacial score (nSPS) is 12.7. The molecule has 2 aromatic carbocycles. The Kier molecular flexibility index (Phi) is 5.01. The molecule has 0 aliphatic carbocycles. The number of para-hydroxylation sites is 1. The molecule has 10 heteroatoms. The number of primary sulfonamides is 1. The Morgan fingerprint density at radius 1 is 1.26 bits per heavy atom. The van der Waals surface area contributed by atoms with Gasteiger partial charge in [-0.2, -0.15) is 0 Å². The number of fused-ring (bicyclic) bond motifs is 1. The minimum Gasteiger partial charge on any atom is -0.451 e. The molecule has 1 atom stereocenters. The number of nitrogens with zero attached hydrogens (tertiary/aromatic N) is 1. The van der Waals surface area contributed by atoms with E-state index in [1.807, 2.05) is 0 Å². The highest BCUT2D eigenvalue weighted by atomic mass is 35.5. The Hall–Kier alpha value is -2.75. The molecule has 27 heavy (non-hydrogen) atoms. The first-order valence-electron chi connectivity index (χ1n) is 7.69. The summed E-state index contributed by atoms with van der Waals surface area (Å²) in [6, 6.07) is 10.2. The maximum absolute atomic E-state index is 12.4. The van der Waals surface area contributed by atoms with E-state index >= 15 is 0 Å². The summed E-state index contributed by atoms with van der Waals surface area (Å²) in [7, 11) is -4.01.